The predicted molar refractivity (Wildman–Crippen MR) is 105 cm³/mol. The van der Waals surface area contributed by atoms with Crippen LogP contribution in [0.2, 0.25) is 0 Å². The van der Waals surface area contributed by atoms with Crippen molar-refractivity contribution < 1.29 is 0 Å². The number of benzene rings is 1. The minimum Gasteiger partial charge on any atom is -0.361 e. The van der Waals surface area contributed by atoms with Gasteiger partial charge in [-0.25, -0.2) is 0 Å². The van der Waals surface area contributed by atoms with E-state index >= 15 is 0 Å². The Morgan fingerprint density at radius 3 is 1.52 bits per heavy atom. The zero-order valence-corrected chi connectivity index (χ0v) is 16.5. The molecule has 0 atom stereocenters. The second-order valence-electron chi connectivity index (χ2n) is 8.21. The monoisotopic (exact) mass is 317 g/mol. The molecule has 0 fully saturated rings. The van der Waals surface area contributed by atoms with E-state index in [0.717, 1.165) is 0 Å². The first-order valence-corrected chi connectivity index (χ1v) is 9.70. The van der Waals surface area contributed by atoms with Crippen LogP contribution in [0.15, 0.2) is 30.3 Å². The lowest BCUT2D eigenvalue weighted by atomic mass is 9.85. The van der Waals surface area contributed by atoms with E-state index in [0.29, 0.717) is 0 Å². The van der Waals surface area contributed by atoms with Crippen LogP contribution in [0.4, 0.5) is 5.69 Å². The number of rotatable bonds is 11. The largest absolute Gasteiger partial charge is 0.361 e. The fraction of sp³-hybridized carbons (Fsp3) is 0.727. The molecule has 0 saturated heterocycles. The summed E-state index contributed by atoms with van der Waals surface area (Å²) >= 11 is 0. The molecule has 0 N–H and O–H groups in total. The number of nitrogens with zero attached hydrogens (tertiary/aromatic N) is 1. The van der Waals surface area contributed by atoms with Crippen molar-refractivity contribution in [3.8, 4) is 0 Å². The minimum atomic E-state index is 0.187. The molecule has 0 aliphatic rings. The fourth-order valence-electron chi connectivity index (χ4n) is 3.93. The Hall–Kier alpha value is -0.980. The number of hydrogen-bond acceptors (Lipinski definition) is 1. The van der Waals surface area contributed by atoms with Crippen LogP contribution >= 0.6 is 0 Å². The van der Waals surface area contributed by atoms with Crippen molar-refractivity contribution in [2.24, 2.45) is 0 Å². The van der Waals surface area contributed by atoms with Gasteiger partial charge >= 0.3 is 0 Å². The third kappa shape index (κ3) is 6.20. The lowest BCUT2D eigenvalue weighted by Gasteiger charge is -2.51. The quantitative estimate of drug-likeness (QED) is 0.390. The second-order valence-corrected chi connectivity index (χ2v) is 8.21. The zero-order valence-electron chi connectivity index (χ0n) is 16.5. The van der Waals surface area contributed by atoms with Gasteiger partial charge in [0.25, 0.3) is 0 Å². The van der Waals surface area contributed by atoms with Gasteiger partial charge in [0.15, 0.2) is 0 Å². The molecule has 0 spiro atoms. The van der Waals surface area contributed by atoms with E-state index in [1.807, 2.05) is 0 Å². The average molecular weight is 318 g/mol. The summed E-state index contributed by atoms with van der Waals surface area (Å²) in [6, 6.07) is 11.0. The summed E-state index contributed by atoms with van der Waals surface area (Å²) < 4.78 is 0. The summed E-state index contributed by atoms with van der Waals surface area (Å²) in [5, 5.41) is 0. The van der Waals surface area contributed by atoms with Crippen molar-refractivity contribution in [3.63, 3.8) is 0 Å². The molecule has 0 aliphatic carbocycles. The maximum Gasteiger partial charge on any atom is 0.0375 e. The van der Waals surface area contributed by atoms with Gasteiger partial charge in [0.2, 0.25) is 0 Å². The van der Waals surface area contributed by atoms with E-state index in [4.69, 9.17) is 0 Å². The van der Waals surface area contributed by atoms with Gasteiger partial charge in [-0.15, -0.1) is 0 Å². The average Bonchev–Trinajstić information content (AvgIpc) is 2.48. The van der Waals surface area contributed by atoms with Crippen LogP contribution in [-0.4, -0.2) is 11.1 Å². The second kappa shape index (κ2) is 9.35. The van der Waals surface area contributed by atoms with Crippen molar-refractivity contribution >= 4 is 5.69 Å². The standard InChI is InChI=1S/C22H39N/c1-7-9-14-18-21(3,4)23(20-16-12-11-13-17-20)22(5,6)19-15-10-8-2/h11-13,16-17H,7-10,14-15,18-19H2,1-6H3. The van der Waals surface area contributed by atoms with Crippen molar-refractivity contribution in [1.82, 2.24) is 0 Å². The molecular formula is C22H39N. The van der Waals surface area contributed by atoms with Gasteiger partial charge in [0.05, 0.1) is 0 Å². The van der Waals surface area contributed by atoms with Crippen LogP contribution < -0.4 is 4.90 Å². The van der Waals surface area contributed by atoms with Gasteiger partial charge in [0, 0.05) is 16.8 Å². The molecule has 1 aromatic rings. The van der Waals surface area contributed by atoms with Gasteiger partial charge in [-0.2, -0.15) is 0 Å². The molecule has 0 bridgehead atoms. The molecule has 0 amide bonds. The minimum absolute atomic E-state index is 0.187. The maximum atomic E-state index is 2.70. The molecule has 0 aliphatic heterocycles. The number of hydrogen-bond donors (Lipinski definition) is 0. The highest BCUT2D eigenvalue weighted by atomic mass is 15.3. The Balaban J connectivity index is 3.01. The highest BCUT2D eigenvalue weighted by Gasteiger charge is 2.36. The van der Waals surface area contributed by atoms with Crippen LogP contribution in [0.25, 0.3) is 0 Å². The van der Waals surface area contributed by atoms with Crippen LogP contribution in [-0.2, 0) is 0 Å². The van der Waals surface area contributed by atoms with E-state index in [1.54, 1.807) is 0 Å². The van der Waals surface area contributed by atoms with Crippen molar-refractivity contribution in [1.29, 1.82) is 0 Å². The molecule has 0 heterocycles. The summed E-state index contributed by atoms with van der Waals surface area (Å²) in [6.45, 7) is 14.3. The summed E-state index contributed by atoms with van der Waals surface area (Å²) in [4.78, 5) is 2.70. The lowest BCUT2D eigenvalue weighted by Crippen LogP contribution is -2.56. The van der Waals surface area contributed by atoms with E-state index in [1.165, 1.54) is 57.1 Å². The Kier molecular flexibility index (Phi) is 8.16. The Morgan fingerprint density at radius 2 is 1.13 bits per heavy atom. The zero-order chi connectivity index (χ0) is 17.3. The SMILES string of the molecule is CCCCCC(C)(C)N(c1ccccc1)C(C)(C)CCCCC. The van der Waals surface area contributed by atoms with E-state index in [2.05, 4.69) is 76.8 Å². The molecule has 0 radical (unpaired) electrons. The molecule has 1 rings (SSSR count). The number of para-hydroxylation sites is 1. The van der Waals surface area contributed by atoms with Crippen LogP contribution in [0.5, 0.6) is 0 Å². The van der Waals surface area contributed by atoms with Crippen molar-refractivity contribution in [2.75, 3.05) is 4.90 Å². The molecule has 1 aromatic carbocycles. The van der Waals surface area contributed by atoms with Crippen molar-refractivity contribution in [2.45, 2.75) is 104 Å². The highest BCUT2D eigenvalue weighted by Crippen LogP contribution is 2.37. The molecule has 23 heavy (non-hydrogen) atoms. The smallest absolute Gasteiger partial charge is 0.0375 e. The first kappa shape index (κ1) is 20.1. The number of unbranched alkanes of at least 4 members (excludes halogenated alkanes) is 4. The molecule has 1 nitrogen and oxygen atoms in total. The number of anilines is 1. The molecule has 1 heteroatoms. The Morgan fingerprint density at radius 1 is 0.696 bits per heavy atom. The first-order valence-electron chi connectivity index (χ1n) is 9.70. The summed E-state index contributed by atoms with van der Waals surface area (Å²) in [7, 11) is 0. The fourth-order valence-corrected chi connectivity index (χ4v) is 3.93. The highest BCUT2D eigenvalue weighted by molar-refractivity contribution is 5.51. The third-order valence-corrected chi connectivity index (χ3v) is 5.01. The topological polar surface area (TPSA) is 3.24 Å². The summed E-state index contributed by atoms with van der Waals surface area (Å²) in [5.74, 6) is 0. The lowest BCUT2D eigenvalue weighted by molar-refractivity contribution is 0.296. The molecule has 132 valence electrons. The summed E-state index contributed by atoms with van der Waals surface area (Å²) in [6.07, 6.45) is 10.4. The molecular weight excluding hydrogens is 278 g/mol. The molecule has 0 saturated carbocycles. The molecule has 0 unspecified atom stereocenters. The van der Waals surface area contributed by atoms with E-state index in [-0.39, 0.29) is 11.1 Å². The Bertz CT molecular complexity index is 397. The van der Waals surface area contributed by atoms with Crippen LogP contribution in [0, 0.1) is 0 Å². The normalized spacial score (nSPS) is 12.4. The van der Waals surface area contributed by atoms with Crippen LogP contribution in [0.3, 0.4) is 0 Å². The van der Waals surface area contributed by atoms with Crippen molar-refractivity contribution in [3.05, 3.63) is 30.3 Å². The van der Waals surface area contributed by atoms with Gasteiger partial charge in [0.1, 0.15) is 0 Å². The van der Waals surface area contributed by atoms with Crippen LogP contribution in [0.1, 0.15) is 92.9 Å². The van der Waals surface area contributed by atoms with E-state index < -0.39 is 0 Å². The maximum absolute atomic E-state index is 2.70. The Labute approximate surface area is 145 Å². The predicted octanol–water partition coefficient (Wildman–Crippen LogP) is 7.21. The van der Waals surface area contributed by atoms with Gasteiger partial charge in [-0.3, -0.25) is 0 Å². The summed E-state index contributed by atoms with van der Waals surface area (Å²) in [5.41, 5.74) is 1.74. The van der Waals surface area contributed by atoms with Gasteiger partial charge < -0.3 is 4.90 Å². The first-order chi connectivity index (χ1) is 10.8. The molecule has 0 aromatic heterocycles. The van der Waals surface area contributed by atoms with Gasteiger partial charge in [-0.05, 0) is 52.7 Å². The third-order valence-electron chi connectivity index (χ3n) is 5.01. The van der Waals surface area contributed by atoms with Gasteiger partial charge in [-0.1, -0.05) is 70.6 Å². The van der Waals surface area contributed by atoms with E-state index in [9.17, 15) is 0 Å².